The molecule has 0 radical (unpaired) electrons. The van der Waals surface area contributed by atoms with Gasteiger partial charge >= 0.3 is 0 Å². The Morgan fingerprint density at radius 1 is 1.40 bits per heavy atom. The van der Waals surface area contributed by atoms with E-state index in [9.17, 15) is 4.79 Å². The number of benzene rings is 1. The van der Waals surface area contributed by atoms with Gasteiger partial charge in [0.2, 0.25) is 0 Å². The van der Waals surface area contributed by atoms with Gasteiger partial charge in [-0.2, -0.15) is 0 Å². The predicted molar refractivity (Wildman–Crippen MR) is 59.2 cm³/mol. The van der Waals surface area contributed by atoms with E-state index in [-0.39, 0.29) is 0 Å². The van der Waals surface area contributed by atoms with Crippen LogP contribution in [0.2, 0.25) is 0 Å². The van der Waals surface area contributed by atoms with Crippen molar-refractivity contribution < 1.29 is 9.53 Å². The van der Waals surface area contributed by atoms with Crippen molar-refractivity contribution in [2.45, 2.75) is 6.54 Å². The molecule has 1 aromatic heterocycles. The largest absolute Gasteiger partial charge is 0.383 e. The summed E-state index contributed by atoms with van der Waals surface area (Å²) in [6, 6.07) is 7.73. The van der Waals surface area contributed by atoms with E-state index in [1.54, 1.807) is 7.11 Å². The van der Waals surface area contributed by atoms with Crippen LogP contribution in [-0.4, -0.2) is 24.6 Å². The zero-order chi connectivity index (χ0) is 10.7. The van der Waals surface area contributed by atoms with E-state index in [4.69, 9.17) is 4.74 Å². The highest BCUT2D eigenvalue weighted by Crippen LogP contribution is 2.16. The van der Waals surface area contributed by atoms with Crippen LogP contribution in [0.4, 0.5) is 0 Å². The highest BCUT2D eigenvalue weighted by molar-refractivity contribution is 5.87. The molecular formula is C12H13NO2. The molecule has 1 aromatic carbocycles. The third-order valence-electron chi connectivity index (χ3n) is 2.47. The molecule has 0 saturated heterocycles. The molecule has 0 aliphatic rings. The Balaban J connectivity index is 2.42. The van der Waals surface area contributed by atoms with Crippen molar-refractivity contribution in [1.82, 2.24) is 4.57 Å². The van der Waals surface area contributed by atoms with Gasteiger partial charge in [0.25, 0.3) is 0 Å². The summed E-state index contributed by atoms with van der Waals surface area (Å²) in [5.74, 6) is 0. The van der Waals surface area contributed by atoms with E-state index in [1.165, 1.54) is 0 Å². The van der Waals surface area contributed by atoms with Crippen molar-refractivity contribution >= 4 is 17.2 Å². The lowest BCUT2D eigenvalue weighted by Crippen LogP contribution is -2.02. The molecule has 15 heavy (non-hydrogen) atoms. The van der Waals surface area contributed by atoms with Gasteiger partial charge in [0.05, 0.1) is 6.61 Å². The highest BCUT2D eigenvalue weighted by Gasteiger charge is 2.01. The van der Waals surface area contributed by atoms with Gasteiger partial charge in [0.15, 0.2) is 0 Å². The average Bonchev–Trinajstić information content (AvgIpc) is 2.68. The zero-order valence-electron chi connectivity index (χ0n) is 8.64. The van der Waals surface area contributed by atoms with Crippen LogP contribution in [0.1, 0.15) is 10.4 Å². The average molecular weight is 203 g/mol. The van der Waals surface area contributed by atoms with Gasteiger partial charge < -0.3 is 9.30 Å². The Hall–Kier alpha value is -1.61. The summed E-state index contributed by atoms with van der Waals surface area (Å²) in [7, 11) is 1.68. The van der Waals surface area contributed by atoms with Crippen molar-refractivity contribution in [3.63, 3.8) is 0 Å². The lowest BCUT2D eigenvalue weighted by atomic mass is 10.2. The summed E-state index contributed by atoms with van der Waals surface area (Å²) in [5, 5.41) is 1.15. The van der Waals surface area contributed by atoms with Crippen LogP contribution in [0.25, 0.3) is 10.9 Å². The molecule has 3 heteroatoms. The Bertz CT molecular complexity index is 473. The number of fused-ring (bicyclic) bond motifs is 1. The fraction of sp³-hybridized carbons (Fsp3) is 0.250. The van der Waals surface area contributed by atoms with Crippen LogP contribution in [0, 0.1) is 0 Å². The topological polar surface area (TPSA) is 31.2 Å². The zero-order valence-corrected chi connectivity index (χ0v) is 8.64. The maximum Gasteiger partial charge on any atom is 0.150 e. The summed E-state index contributed by atoms with van der Waals surface area (Å²) in [4.78, 5) is 10.7. The van der Waals surface area contributed by atoms with Crippen LogP contribution >= 0.6 is 0 Å². The molecule has 1 heterocycles. The molecule has 3 nitrogen and oxygen atoms in total. The van der Waals surface area contributed by atoms with E-state index in [2.05, 4.69) is 4.57 Å². The second kappa shape index (κ2) is 4.28. The first-order chi connectivity index (χ1) is 7.35. The Kier molecular flexibility index (Phi) is 2.83. The molecule has 0 spiro atoms. The molecule has 78 valence electrons. The number of aldehydes is 1. The van der Waals surface area contributed by atoms with Crippen LogP contribution in [0.3, 0.4) is 0 Å². The van der Waals surface area contributed by atoms with Crippen molar-refractivity contribution in [1.29, 1.82) is 0 Å². The monoisotopic (exact) mass is 203 g/mol. The molecule has 0 aliphatic carbocycles. The minimum absolute atomic E-state index is 0.676. The summed E-state index contributed by atoms with van der Waals surface area (Å²) in [6.45, 7) is 1.48. The van der Waals surface area contributed by atoms with Gasteiger partial charge in [-0.25, -0.2) is 0 Å². The number of hydrogen-bond donors (Lipinski definition) is 0. The number of rotatable bonds is 4. The second-order valence-corrected chi connectivity index (χ2v) is 3.44. The third kappa shape index (κ3) is 1.92. The number of carbonyl (C=O) groups is 1. The minimum atomic E-state index is 0.676. The normalized spacial score (nSPS) is 10.7. The van der Waals surface area contributed by atoms with E-state index in [1.807, 2.05) is 30.5 Å². The number of hydrogen-bond acceptors (Lipinski definition) is 2. The highest BCUT2D eigenvalue weighted by atomic mass is 16.5. The number of ether oxygens (including phenoxy) is 1. The summed E-state index contributed by atoms with van der Waals surface area (Å²) in [6.07, 6.45) is 2.88. The lowest BCUT2D eigenvalue weighted by molar-refractivity contribution is 0.112. The summed E-state index contributed by atoms with van der Waals surface area (Å²) in [5.41, 5.74) is 1.79. The molecule has 0 atom stereocenters. The van der Waals surface area contributed by atoms with Crippen molar-refractivity contribution in [2.75, 3.05) is 13.7 Å². The van der Waals surface area contributed by atoms with Crippen LogP contribution < -0.4 is 0 Å². The quantitative estimate of drug-likeness (QED) is 0.712. The van der Waals surface area contributed by atoms with Crippen LogP contribution in [0.5, 0.6) is 0 Å². The van der Waals surface area contributed by atoms with E-state index < -0.39 is 0 Å². The van der Waals surface area contributed by atoms with Crippen molar-refractivity contribution in [3.8, 4) is 0 Å². The molecule has 0 fully saturated rings. The van der Waals surface area contributed by atoms with E-state index >= 15 is 0 Å². The number of nitrogens with zero attached hydrogens (tertiary/aromatic N) is 1. The predicted octanol–water partition coefficient (Wildman–Crippen LogP) is 2.10. The Morgan fingerprint density at radius 3 is 3.00 bits per heavy atom. The third-order valence-corrected chi connectivity index (χ3v) is 2.47. The van der Waals surface area contributed by atoms with Crippen LogP contribution in [0.15, 0.2) is 30.5 Å². The maximum atomic E-state index is 10.7. The first-order valence-corrected chi connectivity index (χ1v) is 4.88. The first-order valence-electron chi connectivity index (χ1n) is 4.88. The number of carbonyl (C=O) groups excluding carboxylic acids is 1. The van der Waals surface area contributed by atoms with E-state index in [0.717, 1.165) is 23.7 Å². The molecule has 0 aliphatic heterocycles. The molecule has 2 rings (SSSR count). The minimum Gasteiger partial charge on any atom is -0.383 e. The summed E-state index contributed by atoms with van der Waals surface area (Å²) >= 11 is 0. The molecule has 0 saturated carbocycles. The van der Waals surface area contributed by atoms with Gasteiger partial charge in [0, 0.05) is 30.9 Å². The maximum absolute atomic E-state index is 10.7. The molecule has 0 unspecified atom stereocenters. The van der Waals surface area contributed by atoms with Crippen molar-refractivity contribution in [2.24, 2.45) is 0 Å². The summed E-state index contributed by atoms with van der Waals surface area (Å²) < 4.78 is 7.12. The van der Waals surface area contributed by atoms with Gasteiger partial charge in [-0.1, -0.05) is 12.1 Å². The van der Waals surface area contributed by atoms with Crippen LogP contribution in [-0.2, 0) is 11.3 Å². The second-order valence-electron chi connectivity index (χ2n) is 3.44. The fourth-order valence-corrected chi connectivity index (χ4v) is 1.66. The van der Waals surface area contributed by atoms with Crippen molar-refractivity contribution in [3.05, 3.63) is 36.0 Å². The molecule has 2 aromatic rings. The molecule has 0 amide bonds. The number of methoxy groups -OCH3 is 1. The molecule has 0 bridgehead atoms. The standard InChI is InChI=1S/C12H13NO2/c1-15-7-6-13-5-4-11-3-2-10(9-14)8-12(11)13/h2-5,8-9H,6-7H2,1H3. The Morgan fingerprint density at radius 2 is 2.27 bits per heavy atom. The Labute approximate surface area is 88.3 Å². The molecule has 0 N–H and O–H groups in total. The first kappa shape index (κ1) is 9.93. The lowest BCUT2D eigenvalue weighted by Gasteiger charge is -2.04. The van der Waals surface area contributed by atoms with Gasteiger partial charge in [0.1, 0.15) is 6.29 Å². The van der Waals surface area contributed by atoms with Gasteiger partial charge in [-0.15, -0.1) is 0 Å². The smallest absolute Gasteiger partial charge is 0.150 e. The van der Waals surface area contributed by atoms with E-state index in [0.29, 0.717) is 12.2 Å². The number of aromatic nitrogens is 1. The molecular weight excluding hydrogens is 190 g/mol. The SMILES string of the molecule is COCCn1ccc2ccc(C=O)cc21. The van der Waals surface area contributed by atoms with Gasteiger partial charge in [-0.05, 0) is 17.5 Å². The van der Waals surface area contributed by atoms with Gasteiger partial charge in [-0.3, -0.25) is 4.79 Å². The fourth-order valence-electron chi connectivity index (χ4n) is 1.66.